The van der Waals surface area contributed by atoms with Gasteiger partial charge in [0.15, 0.2) is 10.8 Å². The van der Waals surface area contributed by atoms with E-state index < -0.39 is 10.0 Å². The van der Waals surface area contributed by atoms with Gasteiger partial charge in [-0.3, -0.25) is 4.31 Å². The fourth-order valence-electron chi connectivity index (χ4n) is 2.90. The monoisotopic (exact) mass is 306 g/mol. The molecule has 1 aromatic carbocycles. The van der Waals surface area contributed by atoms with Crippen LogP contribution in [0.15, 0.2) is 29.6 Å². The van der Waals surface area contributed by atoms with Gasteiger partial charge in [-0.05, 0) is 30.9 Å². The smallest absolute Gasteiger partial charge is 0.283 e. The second-order valence-electron chi connectivity index (χ2n) is 5.31. The first-order valence-corrected chi connectivity index (χ1v) is 8.25. The normalized spacial score (nSPS) is 15.0. The van der Waals surface area contributed by atoms with E-state index in [1.807, 2.05) is 25.1 Å². The molecule has 2 aromatic rings. The summed E-state index contributed by atoms with van der Waals surface area (Å²) in [7, 11) is -2.07. The summed E-state index contributed by atoms with van der Waals surface area (Å²) in [4.78, 5) is 3.89. The number of sulfonamides is 1. The van der Waals surface area contributed by atoms with Gasteiger partial charge >= 0.3 is 0 Å². The van der Waals surface area contributed by atoms with Crippen molar-refractivity contribution in [2.24, 2.45) is 7.05 Å². The van der Waals surface area contributed by atoms with Crippen molar-refractivity contribution in [3.8, 4) is 0 Å². The number of aryl methyl sites for hydroxylation is 3. The number of hydrogen-bond acceptors (Lipinski definition) is 4. The molecule has 0 unspecified atom stereocenters. The lowest BCUT2D eigenvalue weighted by Gasteiger charge is -2.31. The average Bonchev–Trinajstić information content (AvgIpc) is 2.78. The van der Waals surface area contributed by atoms with Crippen molar-refractivity contribution in [2.75, 3.05) is 16.6 Å². The Kier molecular flexibility index (Phi) is 3.16. The topological polar surface area (TPSA) is 81.2 Å². The minimum atomic E-state index is -3.71. The molecule has 0 spiro atoms. The van der Waals surface area contributed by atoms with Gasteiger partial charge < -0.3 is 10.3 Å². The lowest BCUT2D eigenvalue weighted by atomic mass is 10.0. The van der Waals surface area contributed by atoms with Gasteiger partial charge in [0.1, 0.15) is 0 Å². The van der Waals surface area contributed by atoms with Crippen LogP contribution < -0.4 is 10.0 Å². The van der Waals surface area contributed by atoms with Crippen LogP contribution >= 0.6 is 0 Å². The second kappa shape index (κ2) is 4.77. The third-order valence-electron chi connectivity index (χ3n) is 3.82. The molecule has 112 valence electrons. The summed E-state index contributed by atoms with van der Waals surface area (Å²) in [5, 5.41) is 0.0543. The van der Waals surface area contributed by atoms with Crippen molar-refractivity contribution in [3.05, 3.63) is 35.7 Å². The Morgan fingerprint density at radius 3 is 2.76 bits per heavy atom. The number of fused-ring (bicyclic) bond motifs is 1. The van der Waals surface area contributed by atoms with Gasteiger partial charge in [0, 0.05) is 13.6 Å². The van der Waals surface area contributed by atoms with E-state index in [9.17, 15) is 8.42 Å². The van der Waals surface area contributed by atoms with Gasteiger partial charge in [0.2, 0.25) is 0 Å². The molecule has 6 nitrogen and oxygen atoms in total. The maximum atomic E-state index is 13.0. The van der Waals surface area contributed by atoms with Crippen LogP contribution in [0.4, 0.5) is 11.5 Å². The summed E-state index contributed by atoms with van der Waals surface area (Å²) in [5.74, 6) is 0.0400. The van der Waals surface area contributed by atoms with Crippen molar-refractivity contribution < 1.29 is 8.42 Å². The fourth-order valence-corrected chi connectivity index (χ4v) is 4.71. The van der Waals surface area contributed by atoms with E-state index in [1.54, 1.807) is 7.05 Å². The first-order chi connectivity index (χ1) is 9.93. The molecule has 3 rings (SSSR count). The number of hydrogen-bond donors (Lipinski definition) is 1. The average molecular weight is 306 g/mol. The van der Waals surface area contributed by atoms with Crippen LogP contribution in [0.2, 0.25) is 0 Å². The highest BCUT2D eigenvalue weighted by Gasteiger charge is 2.33. The van der Waals surface area contributed by atoms with Crippen LogP contribution in [-0.2, 0) is 23.5 Å². The number of nitrogens with zero attached hydrogens (tertiary/aromatic N) is 3. The summed E-state index contributed by atoms with van der Waals surface area (Å²) >= 11 is 0. The van der Waals surface area contributed by atoms with Gasteiger partial charge in [-0.25, -0.2) is 4.98 Å². The zero-order chi connectivity index (χ0) is 15.2. The van der Waals surface area contributed by atoms with Crippen LogP contribution in [-0.4, -0.2) is 24.5 Å². The number of para-hydroxylation sites is 1. The van der Waals surface area contributed by atoms with Crippen LogP contribution in [0.5, 0.6) is 0 Å². The number of imidazole rings is 1. The molecule has 7 heteroatoms. The highest BCUT2D eigenvalue weighted by atomic mass is 32.2. The molecule has 0 atom stereocenters. The summed E-state index contributed by atoms with van der Waals surface area (Å²) < 4.78 is 28.9. The second-order valence-corrected chi connectivity index (χ2v) is 7.09. The Bertz CT molecular complexity index is 776. The van der Waals surface area contributed by atoms with Crippen molar-refractivity contribution in [3.63, 3.8) is 0 Å². The Morgan fingerprint density at radius 2 is 2.10 bits per heavy atom. The van der Waals surface area contributed by atoms with E-state index >= 15 is 0 Å². The Hall–Kier alpha value is -2.02. The van der Waals surface area contributed by atoms with Gasteiger partial charge in [0.25, 0.3) is 10.0 Å². The van der Waals surface area contributed by atoms with Crippen molar-refractivity contribution >= 4 is 21.5 Å². The van der Waals surface area contributed by atoms with E-state index in [4.69, 9.17) is 5.73 Å². The number of anilines is 2. The summed E-state index contributed by atoms with van der Waals surface area (Å²) in [6, 6.07) is 5.87. The minimum Gasteiger partial charge on any atom is -0.381 e. The predicted octanol–water partition coefficient (Wildman–Crippen LogP) is 1.45. The van der Waals surface area contributed by atoms with Gasteiger partial charge in [-0.1, -0.05) is 18.2 Å². The molecule has 0 saturated heterocycles. The molecule has 0 aliphatic carbocycles. The summed E-state index contributed by atoms with van der Waals surface area (Å²) in [5.41, 5.74) is 8.55. The van der Waals surface area contributed by atoms with E-state index in [1.165, 1.54) is 15.2 Å². The number of nitrogen functional groups attached to an aromatic ring is 1. The molecule has 0 amide bonds. The van der Waals surface area contributed by atoms with E-state index in [0.717, 1.165) is 29.7 Å². The Labute approximate surface area is 124 Å². The molecular formula is C14H18N4O2S. The fraction of sp³-hybridized carbons (Fsp3) is 0.357. The van der Waals surface area contributed by atoms with E-state index in [-0.39, 0.29) is 10.8 Å². The molecule has 0 radical (unpaired) electrons. The molecule has 1 aliphatic rings. The van der Waals surface area contributed by atoms with Gasteiger partial charge in [-0.15, -0.1) is 0 Å². The van der Waals surface area contributed by atoms with E-state index in [0.29, 0.717) is 6.54 Å². The van der Waals surface area contributed by atoms with Crippen molar-refractivity contribution in [1.82, 2.24) is 9.55 Å². The summed E-state index contributed by atoms with van der Waals surface area (Å²) in [6.07, 6.45) is 3.11. The molecular weight excluding hydrogens is 288 g/mol. The van der Waals surface area contributed by atoms with Crippen molar-refractivity contribution in [2.45, 2.75) is 24.8 Å². The lowest BCUT2D eigenvalue weighted by Crippen LogP contribution is -2.37. The third kappa shape index (κ3) is 2.08. The molecule has 1 aliphatic heterocycles. The minimum absolute atomic E-state index is 0.0400. The molecule has 1 aromatic heterocycles. The van der Waals surface area contributed by atoms with Gasteiger partial charge in [-0.2, -0.15) is 8.42 Å². The van der Waals surface area contributed by atoms with Crippen LogP contribution in [0, 0.1) is 6.92 Å². The Morgan fingerprint density at radius 1 is 1.33 bits per heavy atom. The molecule has 2 heterocycles. The standard InChI is InChI=1S/C14H18N4O2S/c1-10-5-3-6-11-7-4-8-18(12(10)11)21(19,20)14-13(15)16-9-17(14)2/h3,5-6,9H,4,7-8,15H2,1-2H3. The third-order valence-corrected chi connectivity index (χ3v) is 5.75. The number of rotatable bonds is 2. The summed E-state index contributed by atoms with van der Waals surface area (Å²) in [6.45, 7) is 2.39. The molecule has 2 N–H and O–H groups in total. The first kappa shape index (κ1) is 13.9. The molecule has 0 saturated carbocycles. The zero-order valence-corrected chi connectivity index (χ0v) is 12.9. The maximum Gasteiger partial charge on any atom is 0.283 e. The van der Waals surface area contributed by atoms with Crippen molar-refractivity contribution in [1.29, 1.82) is 0 Å². The number of nitrogens with two attached hydrogens (primary N) is 1. The number of benzene rings is 1. The van der Waals surface area contributed by atoms with Crippen LogP contribution in [0.3, 0.4) is 0 Å². The van der Waals surface area contributed by atoms with Gasteiger partial charge in [0.05, 0.1) is 12.0 Å². The van der Waals surface area contributed by atoms with Crippen LogP contribution in [0.1, 0.15) is 17.5 Å². The molecule has 0 bridgehead atoms. The predicted molar refractivity (Wildman–Crippen MR) is 81.7 cm³/mol. The Balaban J connectivity index is 2.19. The van der Waals surface area contributed by atoms with E-state index in [2.05, 4.69) is 4.98 Å². The number of aromatic nitrogens is 2. The highest BCUT2D eigenvalue weighted by Crippen LogP contribution is 2.35. The van der Waals surface area contributed by atoms with Crippen LogP contribution in [0.25, 0.3) is 0 Å². The molecule has 0 fully saturated rings. The molecule has 21 heavy (non-hydrogen) atoms. The first-order valence-electron chi connectivity index (χ1n) is 6.81. The zero-order valence-electron chi connectivity index (χ0n) is 12.1. The SMILES string of the molecule is Cc1cccc2c1N(S(=O)(=O)c1c(N)ncn1C)CCC2. The maximum absolute atomic E-state index is 13.0. The largest absolute Gasteiger partial charge is 0.381 e. The highest BCUT2D eigenvalue weighted by molar-refractivity contribution is 7.92. The quantitative estimate of drug-likeness (QED) is 0.910. The lowest BCUT2D eigenvalue weighted by molar-refractivity contribution is 0.577.